The monoisotopic (exact) mass is 557 g/mol. The maximum Gasteiger partial charge on any atom is 0.272 e. The van der Waals surface area contributed by atoms with Crippen molar-refractivity contribution in [2.75, 3.05) is 30.6 Å². The standard InChI is InChI=1S/C30H27N3O6S/c1-37-24-15-22(16-25(17-24)38-2)31-28(34)19-40-26-12-10-21(11-13-26)32-30(36)27(18-23-9-6-14-39-23)33-29(35)20-7-4-3-5-8-20/h3-18H,19H2,1-2H3,(H,31,34)(H,32,36)(H,33,35)/b27-18-. The number of methoxy groups -OCH3 is 2. The summed E-state index contributed by atoms with van der Waals surface area (Å²) in [7, 11) is 3.08. The fourth-order valence-corrected chi connectivity index (χ4v) is 4.22. The highest BCUT2D eigenvalue weighted by molar-refractivity contribution is 8.00. The van der Waals surface area contributed by atoms with Crippen molar-refractivity contribution in [3.63, 3.8) is 0 Å². The molecule has 3 amide bonds. The van der Waals surface area contributed by atoms with Gasteiger partial charge in [0.15, 0.2) is 0 Å². The third-order valence-electron chi connectivity index (χ3n) is 5.48. The summed E-state index contributed by atoms with van der Waals surface area (Å²) < 4.78 is 15.8. The van der Waals surface area contributed by atoms with Crippen LogP contribution in [0.3, 0.4) is 0 Å². The zero-order valence-corrected chi connectivity index (χ0v) is 22.6. The van der Waals surface area contributed by atoms with Crippen LogP contribution in [-0.2, 0) is 9.59 Å². The number of rotatable bonds is 11. The van der Waals surface area contributed by atoms with Gasteiger partial charge in [-0.25, -0.2) is 0 Å². The van der Waals surface area contributed by atoms with Crippen LogP contribution < -0.4 is 25.4 Å². The van der Waals surface area contributed by atoms with E-state index < -0.39 is 11.8 Å². The number of ether oxygens (including phenoxy) is 2. The smallest absolute Gasteiger partial charge is 0.272 e. The summed E-state index contributed by atoms with van der Waals surface area (Å²) in [5.41, 5.74) is 1.52. The zero-order chi connectivity index (χ0) is 28.3. The van der Waals surface area contributed by atoms with Crippen molar-refractivity contribution in [2.24, 2.45) is 0 Å². The first-order valence-corrected chi connectivity index (χ1v) is 13.1. The number of amides is 3. The van der Waals surface area contributed by atoms with Crippen molar-refractivity contribution >= 4 is 46.9 Å². The van der Waals surface area contributed by atoms with E-state index in [0.717, 1.165) is 4.90 Å². The molecule has 4 aromatic rings. The summed E-state index contributed by atoms with van der Waals surface area (Å²) >= 11 is 1.34. The van der Waals surface area contributed by atoms with Gasteiger partial charge in [-0.15, -0.1) is 11.8 Å². The molecule has 0 aliphatic rings. The molecule has 204 valence electrons. The molecule has 9 nitrogen and oxygen atoms in total. The minimum atomic E-state index is -0.519. The molecule has 0 aliphatic carbocycles. The highest BCUT2D eigenvalue weighted by Gasteiger charge is 2.16. The van der Waals surface area contributed by atoms with Gasteiger partial charge in [0.25, 0.3) is 11.8 Å². The minimum absolute atomic E-state index is 0.0214. The number of carbonyl (C=O) groups is 3. The quantitative estimate of drug-likeness (QED) is 0.166. The van der Waals surface area contributed by atoms with E-state index in [4.69, 9.17) is 13.9 Å². The molecule has 0 atom stereocenters. The largest absolute Gasteiger partial charge is 0.497 e. The van der Waals surface area contributed by atoms with Gasteiger partial charge in [0.05, 0.1) is 26.2 Å². The van der Waals surface area contributed by atoms with Crippen molar-refractivity contribution in [3.05, 3.63) is 108 Å². The molecule has 0 spiro atoms. The summed E-state index contributed by atoms with van der Waals surface area (Å²) in [6.07, 6.45) is 2.93. The van der Waals surface area contributed by atoms with Gasteiger partial charge in [-0.3, -0.25) is 14.4 Å². The van der Waals surface area contributed by atoms with E-state index in [1.807, 2.05) is 0 Å². The lowest BCUT2D eigenvalue weighted by atomic mass is 10.2. The minimum Gasteiger partial charge on any atom is -0.497 e. The molecule has 4 rings (SSSR count). The number of benzene rings is 3. The van der Waals surface area contributed by atoms with Crippen LogP contribution in [0.2, 0.25) is 0 Å². The van der Waals surface area contributed by atoms with E-state index in [2.05, 4.69) is 16.0 Å². The van der Waals surface area contributed by atoms with Crippen LogP contribution >= 0.6 is 11.8 Å². The SMILES string of the molecule is COc1cc(NC(=O)CSc2ccc(NC(=O)/C(=C/c3ccco3)NC(=O)c3ccccc3)cc2)cc(OC)c1. The normalized spacial score (nSPS) is 10.9. The van der Waals surface area contributed by atoms with Crippen molar-refractivity contribution in [3.8, 4) is 11.5 Å². The first-order valence-electron chi connectivity index (χ1n) is 12.1. The van der Waals surface area contributed by atoms with Gasteiger partial charge in [-0.2, -0.15) is 0 Å². The highest BCUT2D eigenvalue weighted by Crippen LogP contribution is 2.26. The average Bonchev–Trinajstić information content (AvgIpc) is 3.50. The third-order valence-corrected chi connectivity index (χ3v) is 6.49. The first kappa shape index (κ1) is 28.1. The molecule has 0 unspecified atom stereocenters. The molecule has 0 bridgehead atoms. The Bertz CT molecular complexity index is 1460. The van der Waals surface area contributed by atoms with Crippen LogP contribution in [0, 0.1) is 0 Å². The molecule has 0 radical (unpaired) electrons. The molecular weight excluding hydrogens is 530 g/mol. The Balaban J connectivity index is 1.36. The molecule has 0 saturated heterocycles. The predicted molar refractivity (Wildman–Crippen MR) is 155 cm³/mol. The summed E-state index contributed by atoms with van der Waals surface area (Å²) in [4.78, 5) is 39.0. The first-order chi connectivity index (χ1) is 19.4. The van der Waals surface area contributed by atoms with E-state index in [1.165, 1.54) is 24.1 Å². The van der Waals surface area contributed by atoms with Gasteiger partial charge in [0.1, 0.15) is 23.0 Å². The molecule has 10 heteroatoms. The predicted octanol–water partition coefficient (Wildman–Crippen LogP) is 5.44. The van der Waals surface area contributed by atoms with Crippen molar-refractivity contribution in [1.82, 2.24) is 5.32 Å². The van der Waals surface area contributed by atoms with Gasteiger partial charge in [0, 0.05) is 46.1 Å². The van der Waals surface area contributed by atoms with Gasteiger partial charge in [-0.1, -0.05) is 18.2 Å². The summed E-state index contributed by atoms with van der Waals surface area (Å²) in [6.45, 7) is 0. The van der Waals surface area contributed by atoms with Gasteiger partial charge in [0.2, 0.25) is 5.91 Å². The number of nitrogens with one attached hydrogen (secondary N) is 3. The number of furan rings is 1. The summed E-state index contributed by atoms with van der Waals surface area (Å²) in [6, 6.07) is 24.1. The van der Waals surface area contributed by atoms with Gasteiger partial charge >= 0.3 is 0 Å². The molecule has 0 fully saturated rings. The Morgan fingerprint density at radius 3 is 2.15 bits per heavy atom. The Labute approximate surface area is 235 Å². The Hall–Kier alpha value is -4.96. The average molecular weight is 558 g/mol. The molecule has 40 heavy (non-hydrogen) atoms. The second-order valence-corrected chi connectivity index (χ2v) is 9.36. The molecule has 0 aliphatic heterocycles. The van der Waals surface area contributed by atoms with Crippen molar-refractivity contribution < 1.29 is 28.3 Å². The molecule has 1 aromatic heterocycles. The highest BCUT2D eigenvalue weighted by atomic mass is 32.2. The fourth-order valence-electron chi connectivity index (χ4n) is 3.52. The third kappa shape index (κ3) is 8.02. The molecule has 0 saturated carbocycles. The molecular formula is C30H27N3O6S. The van der Waals surface area contributed by atoms with Crippen LogP contribution in [0.5, 0.6) is 11.5 Å². The number of thioether (sulfide) groups is 1. The number of hydrogen-bond acceptors (Lipinski definition) is 7. The number of carbonyl (C=O) groups excluding carboxylic acids is 3. The van der Waals surface area contributed by atoms with Crippen LogP contribution in [0.25, 0.3) is 6.08 Å². The Kier molecular flexibility index (Phi) is 9.62. The van der Waals surface area contributed by atoms with Crippen LogP contribution in [0.4, 0.5) is 11.4 Å². The van der Waals surface area contributed by atoms with E-state index in [9.17, 15) is 14.4 Å². The van der Waals surface area contributed by atoms with Crippen molar-refractivity contribution in [1.29, 1.82) is 0 Å². The molecule has 1 heterocycles. The van der Waals surface area contributed by atoms with Gasteiger partial charge in [-0.05, 0) is 48.5 Å². The molecule has 3 N–H and O–H groups in total. The van der Waals surface area contributed by atoms with E-state index >= 15 is 0 Å². The number of hydrogen-bond donors (Lipinski definition) is 3. The van der Waals surface area contributed by atoms with Gasteiger partial charge < -0.3 is 29.8 Å². The van der Waals surface area contributed by atoms with E-state index in [0.29, 0.717) is 34.2 Å². The zero-order valence-electron chi connectivity index (χ0n) is 21.8. The maximum absolute atomic E-state index is 13.1. The number of anilines is 2. The summed E-state index contributed by atoms with van der Waals surface area (Å²) in [5.74, 6) is 0.589. The second kappa shape index (κ2) is 13.7. The topological polar surface area (TPSA) is 119 Å². The van der Waals surface area contributed by atoms with Crippen LogP contribution in [-0.4, -0.2) is 37.7 Å². The van der Waals surface area contributed by atoms with Crippen molar-refractivity contribution in [2.45, 2.75) is 4.90 Å². The second-order valence-electron chi connectivity index (χ2n) is 8.31. The van der Waals surface area contributed by atoms with E-state index in [-0.39, 0.29) is 17.4 Å². The lowest BCUT2D eigenvalue weighted by molar-refractivity contribution is -0.114. The Morgan fingerprint density at radius 2 is 1.52 bits per heavy atom. The summed E-state index contributed by atoms with van der Waals surface area (Å²) in [5, 5.41) is 8.27. The van der Waals surface area contributed by atoms with Crippen LogP contribution in [0.1, 0.15) is 16.1 Å². The lowest BCUT2D eigenvalue weighted by Crippen LogP contribution is -2.30. The molecule has 3 aromatic carbocycles. The Morgan fingerprint density at radius 1 is 0.825 bits per heavy atom. The van der Waals surface area contributed by atoms with Crippen LogP contribution in [0.15, 0.2) is 106 Å². The maximum atomic E-state index is 13.1. The fraction of sp³-hybridized carbons (Fsp3) is 0.100. The van der Waals surface area contributed by atoms with E-state index in [1.54, 1.807) is 99.1 Å². The lowest BCUT2D eigenvalue weighted by Gasteiger charge is -2.11.